The van der Waals surface area contributed by atoms with Crippen molar-refractivity contribution in [3.8, 4) is 0 Å². The molecule has 21 heavy (non-hydrogen) atoms. The maximum atomic E-state index is 12.9. The minimum atomic E-state index is -4.91. The lowest BCUT2D eigenvalue weighted by Crippen LogP contribution is -2.26. The van der Waals surface area contributed by atoms with Gasteiger partial charge in [0.2, 0.25) is 10.0 Å². The van der Waals surface area contributed by atoms with Crippen LogP contribution in [0.4, 0.5) is 3.89 Å². The Balaban J connectivity index is 2.05. The Hall–Kier alpha value is -0.990. The van der Waals surface area contributed by atoms with E-state index in [1.54, 1.807) is 0 Å². The molecule has 1 fully saturated rings. The highest BCUT2D eigenvalue weighted by molar-refractivity contribution is 7.89. The minimum absolute atomic E-state index is 0.243. The summed E-state index contributed by atoms with van der Waals surface area (Å²) in [6, 6.07) is 4.30. The summed E-state index contributed by atoms with van der Waals surface area (Å²) in [4.78, 5) is -0.895. The molecule has 0 spiro atoms. The van der Waals surface area contributed by atoms with E-state index in [0.29, 0.717) is 12.5 Å². The molecule has 0 heterocycles. The predicted molar refractivity (Wildman–Crippen MR) is 76.5 cm³/mol. The molecule has 118 valence electrons. The van der Waals surface area contributed by atoms with Gasteiger partial charge in [-0.1, -0.05) is 31.7 Å². The molecule has 0 bridgehead atoms. The van der Waals surface area contributed by atoms with Gasteiger partial charge >= 0.3 is 10.2 Å². The second-order valence-corrected chi connectivity index (χ2v) is 8.36. The molecule has 1 N–H and O–H groups in total. The van der Waals surface area contributed by atoms with Gasteiger partial charge in [-0.15, -0.1) is 3.89 Å². The molecule has 1 saturated carbocycles. The van der Waals surface area contributed by atoms with E-state index in [4.69, 9.17) is 0 Å². The molecule has 1 aromatic rings. The number of hydrogen-bond acceptors (Lipinski definition) is 4. The van der Waals surface area contributed by atoms with E-state index in [2.05, 4.69) is 4.72 Å². The summed E-state index contributed by atoms with van der Waals surface area (Å²) < 4.78 is 61.1. The van der Waals surface area contributed by atoms with Crippen LogP contribution < -0.4 is 4.72 Å². The quantitative estimate of drug-likeness (QED) is 0.808. The first-order valence-electron chi connectivity index (χ1n) is 6.83. The zero-order chi connectivity index (χ0) is 15.5. The monoisotopic (exact) mass is 335 g/mol. The Morgan fingerprint density at radius 3 is 2.33 bits per heavy atom. The maximum Gasteiger partial charge on any atom is 0.332 e. The van der Waals surface area contributed by atoms with Crippen LogP contribution >= 0.6 is 0 Å². The summed E-state index contributed by atoms with van der Waals surface area (Å²) in [5, 5.41) is 0. The van der Waals surface area contributed by atoms with Gasteiger partial charge < -0.3 is 0 Å². The summed E-state index contributed by atoms with van der Waals surface area (Å²) >= 11 is 0. The molecule has 0 radical (unpaired) electrons. The summed E-state index contributed by atoms with van der Waals surface area (Å²) in [5.74, 6) is 0.547. The van der Waals surface area contributed by atoms with Gasteiger partial charge in [-0.25, -0.2) is 13.1 Å². The zero-order valence-corrected chi connectivity index (χ0v) is 13.1. The third-order valence-corrected chi connectivity index (χ3v) is 5.99. The van der Waals surface area contributed by atoms with E-state index in [-0.39, 0.29) is 4.90 Å². The predicted octanol–water partition coefficient (Wildman–Crippen LogP) is 2.20. The van der Waals surface area contributed by atoms with Gasteiger partial charge in [-0.2, -0.15) is 8.42 Å². The molecule has 2 rings (SSSR count). The van der Waals surface area contributed by atoms with Crippen molar-refractivity contribution in [2.24, 2.45) is 5.92 Å². The molecule has 1 aliphatic rings. The minimum Gasteiger partial charge on any atom is -0.211 e. The topological polar surface area (TPSA) is 80.3 Å². The molecule has 0 aromatic heterocycles. The fraction of sp³-hybridized carbons (Fsp3) is 0.538. The van der Waals surface area contributed by atoms with Crippen molar-refractivity contribution in [3.63, 3.8) is 0 Å². The molecule has 0 aliphatic heterocycles. The second kappa shape index (κ2) is 6.41. The Kier molecular flexibility index (Phi) is 5.00. The highest BCUT2D eigenvalue weighted by atomic mass is 32.3. The molecular formula is C13H18FNO4S2. The standard InChI is InChI=1S/C13H18FNO4S2/c14-20(16,17)12-6-3-7-13(10-12)21(18,19)15-9-8-11-4-1-2-5-11/h3,6-7,10-11,15H,1-2,4-5,8-9H2. The Morgan fingerprint density at radius 2 is 1.71 bits per heavy atom. The van der Waals surface area contributed by atoms with Crippen molar-refractivity contribution in [2.45, 2.75) is 41.9 Å². The first-order valence-corrected chi connectivity index (χ1v) is 9.70. The molecule has 0 amide bonds. The van der Waals surface area contributed by atoms with Crippen molar-refractivity contribution in [1.82, 2.24) is 4.72 Å². The largest absolute Gasteiger partial charge is 0.332 e. The van der Waals surface area contributed by atoms with Crippen LogP contribution in [-0.4, -0.2) is 23.4 Å². The number of benzene rings is 1. The van der Waals surface area contributed by atoms with Gasteiger partial charge in [-0.05, 0) is 30.5 Å². The lowest BCUT2D eigenvalue weighted by atomic mass is 10.1. The Bertz CT molecular complexity index is 695. The molecule has 1 aromatic carbocycles. The lowest BCUT2D eigenvalue weighted by Gasteiger charge is -2.10. The molecular weight excluding hydrogens is 317 g/mol. The maximum absolute atomic E-state index is 12.9. The van der Waals surface area contributed by atoms with Gasteiger partial charge in [0.25, 0.3) is 0 Å². The fourth-order valence-corrected chi connectivity index (χ4v) is 4.25. The lowest BCUT2D eigenvalue weighted by molar-refractivity contribution is 0.495. The highest BCUT2D eigenvalue weighted by Gasteiger charge is 2.20. The van der Waals surface area contributed by atoms with Gasteiger partial charge in [0.15, 0.2) is 0 Å². The average molecular weight is 335 g/mol. The van der Waals surface area contributed by atoms with E-state index < -0.39 is 25.1 Å². The first kappa shape index (κ1) is 16.4. The molecule has 1 aliphatic carbocycles. The highest BCUT2D eigenvalue weighted by Crippen LogP contribution is 2.27. The van der Waals surface area contributed by atoms with Crippen molar-refractivity contribution >= 4 is 20.2 Å². The van der Waals surface area contributed by atoms with Crippen molar-refractivity contribution < 1.29 is 20.7 Å². The van der Waals surface area contributed by atoms with Crippen LogP contribution in [0.3, 0.4) is 0 Å². The van der Waals surface area contributed by atoms with Gasteiger partial charge in [0, 0.05) is 6.54 Å². The molecule has 0 unspecified atom stereocenters. The number of nitrogens with one attached hydrogen (secondary N) is 1. The molecule has 8 heteroatoms. The summed E-state index contributed by atoms with van der Waals surface area (Å²) in [6.45, 7) is 0.305. The molecule has 0 atom stereocenters. The Morgan fingerprint density at radius 1 is 1.10 bits per heavy atom. The fourth-order valence-electron chi connectivity index (χ4n) is 2.57. The van der Waals surface area contributed by atoms with Crippen molar-refractivity contribution in [3.05, 3.63) is 24.3 Å². The number of hydrogen-bond donors (Lipinski definition) is 1. The van der Waals surface area contributed by atoms with E-state index in [0.717, 1.165) is 31.4 Å². The third-order valence-electron chi connectivity index (χ3n) is 3.72. The summed E-state index contributed by atoms with van der Waals surface area (Å²) in [6.07, 6.45) is 5.39. The average Bonchev–Trinajstić information content (AvgIpc) is 2.91. The third kappa shape index (κ3) is 4.49. The molecule has 0 saturated heterocycles. The van der Waals surface area contributed by atoms with Crippen molar-refractivity contribution in [1.29, 1.82) is 0 Å². The van der Waals surface area contributed by atoms with E-state index in [9.17, 15) is 20.7 Å². The number of sulfonamides is 1. The van der Waals surface area contributed by atoms with E-state index in [1.165, 1.54) is 25.0 Å². The van der Waals surface area contributed by atoms with E-state index in [1.807, 2.05) is 0 Å². The van der Waals surface area contributed by atoms with Crippen LogP contribution in [0, 0.1) is 5.92 Å². The number of rotatable bonds is 6. The van der Waals surface area contributed by atoms with E-state index >= 15 is 0 Å². The van der Waals surface area contributed by atoms with Gasteiger partial charge in [0.1, 0.15) is 0 Å². The Labute approximate surface area is 124 Å². The van der Waals surface area contributed by atoms with Crippen LogP contribution in [-0.2, 0) is 20.2 Å². The van der Waals surface area contributed by atoms with Crippen molar-refractivity contribution in [2.75, 3.05) is 6.54 Å². The first-order chi connectivity index (χ1) is 9.79. The number of halogens is 1. The smallest absolute Gasteiger partial charge is 0.211 e. The van der Waals surface area contributed by atoms with Crippen LogP contribution in [0.2, 0.25) is 0 Å². The summed E-state index contributed by atoms with van der Waals surface area (Å²) in [5.41, 5.74) is 0. The van der Waals surface area contributed by atoms with Crippen LogP contribution in [0.5, 0.6) is 0 Å². The zero-order valence-electron chi connectivity index (χ0n) is 11.5. The normalized spacial score (nSPS) is 17.2. The van der Waals surface area contributed by atoms with Crippen LogP contribution in [0.1, 0.15) is 32.1 Å². The second-order valence-electron chi connectivity index (χ2n) is 5.25. The SMILES string of the molecule is O=S(=O)(F)c1cccc(S(=O)(=O)NCCC2CCCC2)c1. The van der Waals surface area contributed by atoms with Crippen LogP contribution in [0.25, 0.3) is 0 Å². The van der Waals surface area contributed by atoms with Crippen LogP contribution in [0.15, 0.2) is 34.1 Å². The summed E-state index contributed by atoms with van der Waals surface area (Å²) in [7, 11) is -8.73. The molecule has 5 nitrogen and oxygen atoms in total. The van der Waals surface area contributed by atoms with Gasteiger partial charge in [-0.3, -0.25) is 0 Å². The van der Waals surface area contributed by atoms with Gasteiger partial charge in [0.05, 0.1) is 9.79 Å².